The zero-order chi connectivity index (χ0) is 21.0. The minimum Gasteiger partial charge on any atom is -0.481 e. The minimum atomic E-state index is -3.36. The number of hydrogen-bond donors (Lipinski definition) is 1. The molecule has 1 amide bonds. The van der Waals surface area contributed by atoms with Crippen molar-refractivity contribution in [2.45, 2.75) is 24.8 Å². The van der Waals surface area contributed by atoms with Crippen LogP contribution < -0.4 is 10.1 Å². The number of amides is 1. The third kappa shape index (κ3) is 5.23. The van der Waals surface area contributed by atoms with Crippen LogP contribution >= 0.6 is 0 Å². The maximum Gasteiger partial charge on any atom is 0.265 e. The van der Waals surface area contributed by atoms with Crippen LogP contribution in [0.2, 0.25) is 0 Å². The van der Waals surface area contributed by atoms with E-state index < -0.39 is 15.9 Å². The molecule has 5 nitrogen and oxygen atoms in total. The van der Waals surface area contributed by atoms with Crippen LogP contribution in [0.4, 0.5) is 5.69 Å². The fraction of sp³-hybridized carbons (Fsp3) is 0.174. The van der Waals surface area contributed by atoms with E-state index in [1.54, 1.807) is 19.9 Å². The molecule has 0 saturated carbocycles. The van der Waals surface area contributed by atoms with Crippen LogP contribution in [0.25, 0.3) is 11.1 Å². The summed E-state index contributed by atoms with van der Waals surface area (Å²) in [7, 11) is -3.36. The molecular weight excluding hydrogens is 386 g/mol. The van der Waals surface area contributed by atoms with E-state index in [0.29, 0.717) is 11.4 Å². The van der Waals surface area contributed by atoms with Gasteiger partial charge < -0.3 is 10.1 Å². The Morgan fingerprint density at radius 1 is 0.931 bits per heavy atom. The summed E-state index contributed by atoms with van der Waals surface area (Å²) in [5.74, 6) is 0.222. The fourth-order valence-electron chi connectivity index (χ4n) is 2.81. The Hall–Kier alpha value is -3.12. The standard InChI is InChI=1S/C23H23NO4S/c1-16-9-14-21(29(3,26)27)15-22(16)24-23(25)17(2)28-20-12-10-19(11-13-20)18-7-5-4-6-8-18/h4-15,17H,1-3H3,(H,24,25). The van der Waals surface area contributed by atoms with Gasteiger partial charge in [0.05, 0.1) is 4.90 Å². The van der Waals surface area contributed by atoms with Crippen LogP contribution in [0, 0.1) is 6.92 Å². The minimum absolute atomic E-state index is 0.156. The molecule has 3 aromatic rings. The SMILES string of the molecule is Cc1ccc(S(C)(=O)=O)cc1NC(=O)C(C)Oc1ccc(-c2ccccc2)cc1. The van der Waals surface area contributed by atoms with Gasteiger partial charge in [-0.15, -0.1) is 0 Å². The molecule has 0 spiro atoms. The molecule has 1 unspecified atom stereocenters. The molecular formula is C23H23NO4S. The quantitative estimate of drug-likeness (QED) is 0.652. The van der Waals surface area contributed by atoms with Gasteiger partial charge in [0, 0.05) is 11.9 Å². The lowest BCUT2D eigenvalue weighted by molar-refractivity contribution is -0.122. The van der Waals surface area contributed by atoms with Crippen LogP contribution in [0.15, 0.2) is 77.7 Å². The van der Waals surface area contributed by atoms with Gasteiger partial charge in [0.2, 0.25) is 0 Å². The van der Waals surface area contributed by atoms with Crippen LogP contribution in [-0.4, -0.2) is 26.7 Å². The number of benzene rings is 3. The molecule has 1 N–H and O–H groups in total. The first-order valence-corrected chi connectivity index (χ1v) is 11.1. The third-order valence-corrected chi connectivity index (χ3v) is 5.65. The third-order valence-electron chi connectivity index (χ3n) is 4.54. The van der Waals surface area contributed by atoms with Crippen molar-refractivity contribution in [3.63, 3.8) is 0 Å². The average molecular weight is 410 g/mol. The van der Waals surface area contributed by atoms with Gasteiger partial charge in [-0.3, -0.25) is 4.79 Å². The molecule has 1 atom stereocenters. The zero-order valence-electron chi connectivity index (χ0n) is 16.5. The molecule has 0 radical (unpaired) electrons. The van der Waals surface area contributed by atoms with Crippen molar-refractivity contribution in [1.29, 1.82) is 0 Å². The number of carbonyl (C=O) groups excluding carboxylic acids is 1. The average Bonchev–Trinajstić information content (AvgIpc) is 2.70. The Morgan fingerprint density at radius 2 is 1.55 bits per heavy atom. The number of nitrogens with one attached hydrogen (secondary N) is 1. The molecule has 0 bridgehead atoms. The largest absolute Gasteiger partial charge is 0.481 e. The Morgan fingerprint density at radius 3 is 2.17 bits per heavy atom. The van der Waals surface area contributed by atoms with Crippen molar-refractivity contribution in [2.24, 2.45) is 0 Å². The molecule has 3 aromatic carbocycles. The van der Waals surface area contributed by atoms with Crippen molar-refractivity contribution in [3.8, 4) is 16.9 Å². The first kappa shape index (κ1) is 20.6. The van der Waals surface area contributed by atoms with Crippen molar-refractivity contribution in [1.82, 2.24) is 0 Å². The van der Waals surface area contributed by atoms with E-state index >= 15 is 0 Å². The van der Waals surface area contributed by atoms with Gasteiger partial charge in [0.15, 0.2) is 15.9 Å². The maximum absolute atomic E-state index is 12.5. The van der Waals surface area contributed by atoms with Crippen LogP contribution in [-0.2, 0) is 14.6 Å². The summed E-state index contributed by atoms with van der Waals surface area (Å²) < 4.78 is 29.2. The Bertz CT molecular complexity index is 1110. The molecule has 0 fully saturated rings. The first-order valence-electron chi connectivity index (χ1n) is 9.18. The van der Waals surface area contributed by atoms with Gasteiger partial charge in [-0.2, -0.15) is 0 Å². The maximum atomic E-state index is 12.5. The lowest BCUT2D eigenvalue weighted by Gasteiger charge is -2.16. The lowest BCUT2D eigenvalue weighted by Crippen LogP contribution is -2.30. The molecule has 0 aliphatic heterocycles. The highest BCUT2D eigenvalue weighted by atomic mass is 32.2. The molecule has 29 heavy (non-hydrogen) atoms. The summed E-state index contributed by atoms with van der Waals surface area (Å²) in [6, 6.07) is 22.2. The second kappa shape index (κ2) is 8.49. The molecule has 3 rings (SSSR count). The van der Waals surface area contributed by atoms with Gasteiger partial charge in [0.25, 0.3) is 5.91 Å². The van der Waals surface area contributed by atoms with E-state index in [-0.39, 0.29) is 10.8 Å². The number of hydrogen-bond acceptors (Lipinski definition) is 4. The molecule has 0 aromatic heterocycles. The topological polar surface area (TPSA) is 72.5 Å². The van der Waals surface area contributed by atoms with Gasteiger partial charge in [-0.25, -0.2) is 8.42 Å². The molecule has 6 heteroatoms. The summed E-state index contributed by atoms with van der Waals surface area (Å²) in [5.41, 5.74) is 3.38. The van der Waals surface area contributed by atoms with E-state index in [1.165, 1.54) is 12.1 Å². The summed E-state index contributed by atoms with van der Waals surface area (Å²) >= 11 is 0. The van der Waals surface area contributed by atoms with Crippen molar-refractivity contribution < 1.29 is 17.9 Å². The van der Waals surface area contributed by atoms with Crippen LogP contribution in [0.1, 0.15) is 12.5 Å². The zero-order valence-corrected chi connectivity index (χ0v) is 17.4. The molecule has 0 heterocycles. The van der Waals surface area contributed by atoms with E-state index in [9.17, 15) is 13.2 Å². The summed E-state index contributed by atoms with van der Waals surface area (Å²) in [6.07, 6.45) is 0.382. The Balaban J connectivity index is 1.68. The molecule has 150 valence electrons. The second-order valence-corrected chi connectivity index (χ2v) is 8.90. The number of rotatable bonds is 6. The normalized spacial score (nSPS) is 12.2. The smallest absolute Gasteiger partial charge is 0.265 e. The monoisotopic (exact) mass is 409 g/mol. The second-order valence-electron chi connectivity index (χ2n) is 6.89. The highest BCUT2D eigenvalue weighted by Crippen LogP contribution is 2.24. The van der Waals surface area contributed by atoms with Crippen molar-refractivity contribution in [3.05, 3.63) is 78.4 Å². The van der Waals surface area contributed by atoms with Gasteiger partial charge in [-0.05, 0) is 54.8 Å². The Kier molecular flexibility index (Phi) is 6.03. The number of carbonyl (C=O) groups is 1. The molecule has 0 saturated heterocycles. The highest BCUT2D eigenvalue weighted by Gasteiger charge is 2.17. The van der Waals surface area contributed by atoms with E-state index in [4.69, 9.17) is 4.74 Å². The summed E-state index contributed by atoms with van der Waals surface area (Å²) in [4.78, 5) is 12.7. The highest BCUT2D eigenvalue weighted by molar-refractivity contribution is 7.90. The number of anilines is 1. The van der Waals surface area contributed by atoms with Crippen molar-refractivity contribution >= 4 is 21.4 Å². The van der Waals surface area contributed by atoms with E-state index in [1.807, 2.05) is 54.6 Å². The van der Waals surface area contributed by atoms with Crippen LogP contribution in [0.3, 0.4) is 0 Å². The predicted molar refractivity (Wildman–Crippen MR) is 115 cm³/mol. The number of ether oxygens (including phenoxy) is 1. The molecule has 0 aliphatic rings. The summed E-state index contributed by atoms with van der Waals surface area (Å²) in [5, 5.41) is 2.75. The van der Waals surface area contributed by atoms with E-state index in [2.05, 4.69) is 5.32 Å². The van der Waals surface area contributed by atoms with Gasteiger partial charge >= 0.3 is 0 Å². The van der Waals surface area contributed by atoms with Gasteiger partial charge in [-0.1, -0.05) is 48.5 Å². The summed E-state index contributed by atoms with van der Waals surface area (Å²) in [6.45, 7) is 3.45. The van der Waals surface area contributed by atoms with Crippen LogP contribution in [0.5, 0.6) is 5.75 Å². The lowest BCUT2D eigenvalue weighted by atomic mass is 10.1. The fourth-order valence-corrected chi connectivity index (χ4v) is 3.46. The van der Waals surface area contributed by atoms with E-state index in [0.717, 1.165) is 22.9 Å². The van der Waals surface area contributed by atoms with Crippen molar-refractivity contribution in [2.75, 3.05) is 11.6 Å². The Labute approximate surface area is 171 Å². The number of sulfone groups is 1. The predicted octanol–water partition coefficient (Wildman–Crippen LogP) is 4.47. The first-order chi connectivity index (χ1) is 13.7. The number of aryl methyl sites for hydroxylation is 1. The molecule has 0 aliphatic carbocycles. The van der Waals surface area contributed by atoms with Gasteiger partial charge in [0.1, 0.15) is 5.75 Å².